The quantitative estimate of drug-likeness (QED) is 0.926. The number of carbonyl (C=O) groups excluding carboxylic acids is 1. The van der Waals surface area contributed by atoms with E-state index < -0.39 is 0 Å². The molecule has 0 spiro atoms. The van der Waals surface area contributed by atoms with Crippen molar-refractivity contribution in [2.45, 2.75) is 42.9 Å². The van der Waals surface area contributed by atoms with Gasteiger partial charge in [-0.25, -0.2) is 0 Å². The maximum Gasteiger partial charge on any atom is 0.264 e. The molecule has 20 heavy (non-hydrogen) atoms. The molecule has 1 atom stereocenters. The lowest BCUT2D eigenvalue weighted by Crippen LogP contribution is -2.82. The van der Waals surface area contributed by atoms with Crippen molar-refractivity contribution in [1.29, 1.82) is 0 Å². The number of hydrogen-bond donors (Lipinski definition) is 1. The normalized spacial score (nSPS) is 38.4. The molecular weight excluding hydrogens is 276 g/mol. The minimum atomic E-state index is -0.362. The molecule has 1 unspecified atom stereocenters. The van der Waals surface area contributed by atoms with Gasteiger partial charge in [-0.2, -0.15) is 0 Å². The summed E-state index contributed by atoms with van der Waals surface area (Å²) in [5, 5.41) is 0.666. The van der Waals surface area contributed by atoms with Crippen molar-refractivity contribution in [2.24, 2.45) is 5.73 Å². The van der Waals surface area contributed by atoms with Crippen LogP contribution in [-0.4, -0.2) is 34.5 Å². The fraction of sp³-hybridized carbons (Fsp3) is 0.533. The number of hydrogen-bond acceptors (Lipinski definition) is 3. The number of nitrogens with zero attached hydrogens (tertiary/aromatic N) is 1. The Kier molecular flexibility index (Phi) is 2.43. The largest absolute Gasteiger partial charge is 0.481 e. The van der Waals surface area contributed by atoms with Crippen molar-refractivity contribution in [3.05, 3.63) is 29.3 Å². The van der Waals surface area contributed by atoms with Gasteiger partial charge in [0.05, 0.1) is 0 Å². The molecule has 4 fully saturated rings. The molecule has 0 radical (unpaired) electrons. The van der Waals surface area contributed by atoms with Crippen LogP contribution >= 0.6 is 11.6 Å². The topological polar surface area (TPSA) is 55.6 Å². The van der Waals surface area contributed by atoms with Gasteiger partial charge in [0.15, 0.2) is 6.10 Å². The Morgan fingerprint density at radius 2 is 1.90 bits per heavy atom. The average Bonchev–Trinajstić information content (AvgIpc) is 2.69. The third-order valence-electron chi connectivity index (χ3n) is 4.86. The van der Waals surface area contributed by atoms with Gasteiger partial charge in [0.25, 0.3) is 5.91 Å². The second-order valence-electron chi connectivity index (χ2n) is 6.46. The highest BCUT2D eigenvalue weighted by Crippen LogP contribution is 2.62. The highest BCUT2D eigenvalue weighted by molar-refractivity contribution is 6.30. The molecule has 3 aliphatic carbocycles. The van der Waals surface area contributed by atoms with Gasteiger partial charge in [-0.3, -0.25) is 4.79 Å². The van der Waals surface area contributed by atoms with Crippen LogP contribution in [0.1, 0.15) is 25.7 Å². The van der Waals surface area contributed by atoms with Crippen LogP contribution in [0.3, 0.4) is 0 Å². The van der Waals surface area contributed by atoms with E-state index in [0.717, 1.165) is 32.2 Å². The van der Waals surface area contributed by atoms with Gasteiger partial charge in [0.2, 0.25) is 0 Å². The molecule has 3 saturated carbocycles. The van der Waals surface area contributed by atoms with E-state index in [0.29, 0.717) is 10.8 Å². The van der Waals surface area contributed by atoms with Crippen LogP contribution in [0.15, 0.2) is 24.3 Å². The molecule has 1 saturated heterocycles. The Morgan fingerprint density at radius 3 is 2.50 bits per heavy atom. The zero-order chi connectivity index (χ0) is 14.0. The molecule has 5 rings (SSSR count). The Morgan fingerprint density at radius 1 is 1.25 bits per heavy atom. The van der Waals surface area contributed by atoms with Crippen LogP contribution in [0.2, 0.25) is 5.02 Å². The number of rotatable bonds is 3. The monoisotopic (exact) mass is 292 g/mol. The lowest BCUT2D eigenvalue weighted by molar-refractivity contribution is -0.176. The number of benzene rings is 1. The van der Waals surface area contributed by atoms with E-state index in [9.17, 15) is 4.79 Å². The van der Waals surface area contributed by atoms with Gasteiger partial charge < -0.3 is 15.4 Å². The minimum absolute atomic E-state index is 0.0232. The summed E-state index contributed by atoms with van der Waals surface area (Å²) in [6.07, 6.45) is 3.26. The van der Waals surface area contributed by atoms with Crippen molar-refractivity contribution in [3.8, 4) is 5.75 Å². The van der Waals surface area contributed by atoms with E-state index in [1.54, 1.807) is 24.3 Å². The first kappa shape index (κ1) is 12.5. The third kappa shape index (κ3) is 1.68. The summed E-state index contributed by atoms with van der Waals surface area (Å²) in [4.78, 5) is 14.5. The Bertz CT molecular complexity index is 552. The molecule has 1 heterocycles. The van der Waals surface area contributed by atoms with Crippen LogP contribution in [-0.2, 0) is 4.79 Å². The second-order valence-corrected chi connectivity index (χ2v) is 6.89. The van der Waals surface area contributed by atoms with E-state index in [-0.39, 0.29) is 23.1 Å². The highest BCUT2D eigenvalue weighted by Gasteiger charge is 2.70. The fourth-order valence-electron chi connectivity index (χ4n) is 4.01. The van der Waals surface area contributed by atoms with Crippen molar-refractivity contribution in [3.63, 3.8) is 0 Å². The van der Waals surface area contributed by atoms with Gasteiger partial charge >= 0.3 is 0 Å². The smallest absolute Gasteiger partial charge is 0.264 e. The first-order chi connectivity index (χ1) is 9.50. The first-order valence-electron chi connectivity index (χ1n) is 7.02. The molecule has 1 amide bonds. The summed E-state index contributed by atoms with van der Waals surface area (Å²) in [6, 6.07) is 7.14. The Balaban J connectivity index is 1.44. The SMILES string of the molecule is NC12CC(N3CCC(Oc4ccc(Cl)cc4)C3=O)(C1)C2. The predicted octanol–water partition coefficient (Wildman–Crippen LogP) is 1.95. The maximum atomic E-state index is 12.5. The van der Waals surface area contributed by atoms with Gasteiger partial charge in [-0.1, -0.05) is 11.6 Å². The van der Waals surface area contributed by atoms with Crippen molar-refractivity contribution < 1.29 is 9.53 Å². The van der Waals surface area contributed by atoms with E-state index >= 15 is 0 Å². The average molecular weight is 293 g/mol. The number of nitrogens with two attached hydrogens (primary N) is 1. The molecule has 2 N–H and O–H groups in total. The highest BCUT2D eigenvalue weighted by atomic mass is 35.5. The van der Waals surface area contributed by atoms with E-state index in [2.05, 4.69) is 0 Å². The lowest BCUT2D eigenvalue weighted by Gasteiger charge is -2.71. The summed E-state index contributed by atoms with van der Waals surface area (Å²) in [5.74, 6) is 0.809. The van der Waals surface area contributed by atoms with Gasteiger partial charge in [0.1, 0.15) is 5.75 Å². The second kappa shape index (κ2) is 3.89. The first-order valence-corrected chi connectivity index (χ1v) is 7.40. The summed E-state index contributed by atoms with van der Waals surface area (Å²) < 4.78 is 5.80. The van der Waals surface area contributed by atoms with Gasteiger partial charge in [-0.05, 0) is 43.5 Å². The summed E-state index contributed by atoms with van der Waals surface area (Å²) in [7, 11) is 0. The molecule has 2 bridgehead atoms. The molecule has 4 nitrogen and oxygen atoms in total. The number of likely N-dealkylation sites (tertiary alicyclic amines) is 1. The molecule has 1 aromatic carbocycles. The number of ether oxygens (including phenoxy) is 1. The third-order valence-corrected chi connectivity index (χ3v) is 5.12. The van der Waals surface area contributed by atoms with E-state index in [1.165, 1.54) is 0 Å². The molecule has 106 valence electrons. The zero-order valence-electron chi connectivity index (χ0n) is 11.1. The number of carbonyl (C=O) groups is 1. The zero-order valence-corrected chi connectivity index (χ0v) is 11.9. The summed E-state index contributed by atoms with van der Waals surface area (Å²) >= 11 is 5.84. The molecule has 0 aromatic heterocycles. The van der Waals surface area contributed by atoms with Crippen molar-refractivity contribution in [1.82, 2.24) is 4.90 Å². The van der Waals surface area contributed by atoms with Gasteiger partial charge in [-0.15, -0.1) is 0 Å². The van der Waals surface area contributed by atoms with Crippen LogP contribution in [0.5, 0.6) is 5.75 Å². The lowest BCUT2D eigenvalue weighted by atomic mass is 9.44. The van der Waals surface area contributed by atoms with Gasteiger partial charge in [0, 0.05) is 29.1 Å². The summed E-state index contributed by atoms with van der Waals surface area (Å²) in [5.41, 5.74) is 6.16. The Hall–Kier alpha value is -1.26. The van der Waals surface area contributed by atoms with Crippen LogP contribution < -0.4 is 10.5 Å². The fourth-order valence-corrected chi connectivity index (χ4v) is 4.13. The molecule has 5 heteroatoms. The molecule has 1 aliphatic heterocycles. The molecule has 1 aromatic rings. The van der Waals surface area contributed by atoms with Crippen LogP contribution in [0.25, 0.3) is 0 Å². The molecule has 4 aliphatic rings. The standard InChI is InChI=1S/C15H17ClN2O2/c16-10-1-3-11(4-2-10)20-12-5-6-18(13(12)19)15-7-14(17,8-15)9-15/h1-4,12H,5-9,17H2. The van der Waals surface area contributed by atoms with Crippen molar-refractivity contribution >= 4 is 17.5 Å². The van der Waals surface area contributed by atoms with E-state index in [1.807, 2.05) is 4.90 Å². The van der Waals surface area contributed by atoms with Crippen molar-refractivity contribution in [2.75, 3.05) is 6.54 Å². The van der Waals surface area contributed by atoms with Crippen LogP contribution in [0, 0.1) is 0 Å². The number of halogens is 1. The number of amides is 1. The van der Waals surface area contributed by atoms with Crippen LogP contribution in [0.4, 0.5) is 0 Å². The molecular formula is C15H17ClN2O2. The Labute approximate surface area is 122 Å². The van der Waals surface area contributed by atoms with E-state index in [4.69, 9.17) is 22.1 Å². The minimum Gasteiger partial charge on any atom is -0.481 e. The predicted molar refractivity (Wildman–Crippen MR) is 75.7 cm³/mol. The summed E-state index contributed by atoms with van der Waals surface area (Å²) in [6.45, 7) is 0.785. The maximum absolute atomic E-state index is 12.5.